The smallest absolute Gasteiger partial charge is 0.129 e. The third kappa shape index (κ3) is 4.97. The molecule has 4 heteroatoms. The third-order valence-electron chi connectivity index (χ3n) is 3.89. The van der Waals surface area contributed by atoms with E-state index in [1.165, 1.54) is 12.0 Å². The minimum absolute atomic E-state index is 0.639. The van der Waals surface area contributed by atoms with Gasteiger partial charge in [0.05, 0.1) is 6.61 Å². The van der Waals surface area contributed by atoms with E-state index in [1.54, 1.807) is 7.11 Å². The molecule has 1 N–H and O–H groups in total. The monoisotopic (exact) mass is 291 g/mol. The van der Waals surface area contributed by atoms with Gasteiger partial charge in [0.25, 0.3) is 0 Å². The Kier molecular flexibility index (Phi) is 6.00. The van der Waals surface area contributed by atoms with Gasteiger partial charge in [0.2, 0.25) is 0 Å². The molecule has 2 heterocycles. The van der Waals surface area contributed by atoms with Gasteiger partial charge in [-0.25, -0.2) is 4.98 Å². The van der Waals surface area contributed by atoms with Crippen molar-refractivity contribution < 1.29 is 4.74 Å². The van der Waals surface area contributed by atoms with E-state index in [0.29, 0.717) is 11.8 Å². The van der Waals surface area contributed by atoms with E-state index >= 15 is 0 Å². The average molecular weight is 291 g/mol. The first-order valence-corrected chi connectivity index (χ1v) is 8.00. The van der Waals surface area contributed by atoms with Crippen LogP contribution in [0.25, 0.3) is 0 Å². The average Bonchev–Trinajstić information content (AvgIpc) is 2.87. The van der Waals surface area contributed by atoms with Crippen LogP contribution in [0.1, 0.15) is 31.5 Å². The van der Waals surface area contributed by atoms with Gasteiger partial charge in [0, 0.05) is 38.4 Å². The number of methoxy groups -OCH3 is 1. The van der Waals surface area contributed by atoms with E-state index in [4.69, 9.17) is 9.72 Å². The van der Waals surface area contributed by atoms with Crippen LogP contribution in [0.5, 0.6) is 0 Å². The van der Waals surface area contributed by atoms with E-state index < -0.39 is 0 Å². The lowest BCUT2D eigenvalue weighted by atomic mass is 10.1. The summed E-state index contributed by atoms with van der Waals surface area (Å²) in [5, 5.41) is 3.51. The van der Waals surface area contributed by atoms with Crippen molar-refractivity contribution >= 4 is 5.82 Å². The Balaban J connectivity index is 1.98. The number of pyridine rings is 1. The normalized spacial score (nSPS) is 18.7. The lowest BCUT2D eigenvalue weighted by Crippen LogP contribution is -2.23. The predicted octanol–water partition coefficient (Wildman–Crippen LogP) is 2.61. The number of anilines is 1. The molecule has 118 valence electrons. The van der Waals surface area contributed by atoms with Crippen LogP contribution in [-0.4, -0.2) is 38.3 Å². The molecule has 1 aliphatic rings. The quantitative estimate of drug-likeness (QED) is 0.838. The molecule has 1 fully saturated rings. The van der Waals surface area contributed by atoms with Gasteiger partial charge >= 0.3 is 0 Å². The Morgan fingerprint density at radius 1 is 1.43 bits per heavy atom. The van der Waals surface area contributed by atoms with Crippen LogP contribution in [0.15, 0.2) is 12.1 Å². The lowest BCUT2D eigenvalue weighted by molar-refractivity contribution is 0.161. The highest BCUT2D eigenvalue weighted by Gasteiger charge is 2.23. The number of aryl methyl sites for hydroxylation is 1. The summed E-state index contributed by atoms with van der Waals surface area (Å²) >= 11 is 0. The van der Waals surface area contributed by atoms with Crippen molar-refractivity contribution in [2.75, 3.05) is 38.3 Å². The SMILES string of the molecule is COCC1CCN(c2cc(CNCC(C)C)cc(C)n2)C1. The van der Waals surface area contributed by atoms with Crippen molar-refractivity contribution in [3.05, 3.63) is 23.4 Å². The molecule has 21 heavy (non-hydrogen) atoms. The van der Waals surface area contributed by atoms with Gasteiger partial charge < -0.3 is 15.0 Å². The van der Waals surface area contributed by atoms with Crippen molar-refractivity contribution in [2.45, 2.75) is 33.7 Å². The Hall–Kier alpha value is -1.13. The Labute approximate surface area is 128 Å². The van der Waals surface area contributed by atoms with Crippen LogP contribution in [0.3, 0.4) is 0 Å². The molecule has 0 aromatic carbocycles. The first kappa shape index (κ1) is 16.2. The van der Waals surface area contributed by atoms with Gasteiger partial charge in [0.15, 0.2) is 0 Å². The second kappa shape index (κ2) is 7.76. The number of nitrogens with zero attached hydrogens (tertiary/aromatic N) is 2. The molecule has 4 nitrogen and oxygen atoms in total. The van der Waals surface area contributed by atoms with Gasteiger partial charge in [-0.05, 0) is 43.5 Å². The molecule has 1 aromatic heterocycles. The summed E-state index contributed by atoms with van der Waals surface area (Å²) in [4.78, 5) is 7.10. The van der Waals surface area contributed by atoms with Crippen LogP contribution in [0.4, 0.5) is 5.82 Å². The van der Waals surface area contributed by atoms with Crippen LogP contribution >= 0.6 is 0 Å². The number of hydrogen-bond acceptors (Lipinski definition) is 4. The molecule has 0 saturated carbocycles. The highest BCUT2D eigenvalue weighted by atomic mass is 16.5. The molecule has 0 spiro atoms. The van der Waals surface area contributed by atoms with Crippen molar-refractivity contribution in [1.29, 1.82) is 0 Å². The van der Waals surface area contributed by atoms with E-state index in [9.17, 15) is 0 Å². The first-order valence-electron chi connectivity index (χ1n) is 8.00. The van der Waals surface area contributed by atoms with E-state index in [1.807, 2.05) is 0 Å². The summed E-state index contributed by atoms with van der Waals surface area (Å²) < 4.78 is 5.28. The molecule has 1 aromatic rings. The van der Waals surface area contributed by atoms with Crippen molar-refractivity contribution in [3.8, 4) is 0 Å². The summed E-state index contributed by atoms with van der Waals surface area (Å²) in [5.74, 6) is 2.44. The van der Waals surface area contributed by atoms with Gasteiger partial charge in [0.1, 0.15) is 5.82 Å². The predicted molar refractivity (Wildman–Crippen MR) is 87.7 cm³/mol. The molecule has 1 aliphatic heterocycles. The van der Waals surface area contributed by atoms with Crippen LogP contribution in [-0.2, 0) is 11.3 Å². The Morgan fingerprint density at radius 3 is 2.95 bits per heavy atom. The van der Waals surface area contributed by atoms with E-state index in [2.05, 4.69) is 43.1 Å². The molecule has 2 rings (SSSR count). The lowest BCUT2D eigenvalue weighted by Gasteiger charge is -2.19. The maximum Gasteiger partial charge on any atom is 0.129 e. The number of aromatic nitrogens is 1. The fourth-order valence-electron chi connectivity index (χ4n) is 2.90. The van der Waals surface area contributed by atoms with Crippen molar-refractivity contribution in [3.63, 3.8) is 0 Å². The molecule has 1 saturated heterocycles. The zero-order valence-corrected chi connectivity index (χ0v) is 13.9. The molecule has 0 bridgehead atoms. The zero-order valence-electron chi connectivity index (χ0n) is 13.9. The number of ether oxygens (including phenoxy) is 1. The summed E-state index contributed by atoms with van der Waals surface area (Å²) in [5.41, 5.74) is 2.43. The van der Waals surface area contributed by atoms with Crippen LogP contribution < -0.4 is 10.2 Å². The molecule has 0 aliphatic carbocycles. The highest BCUT2D eigenvalue weighted by molar-refractivity contribution is 5.43. The number of hydrogen-bond donors (Lipinski definition) is 1. The van der Waals surface area contributed by atoms with E-state index in [0.717, 1.165) is 44.3 Å². The topological polar surface area (TPSA) is 37.4 Å². The fourth-order valence-corrected chi connectivity index (χ4v) is 2.90. The highest BCUT2D eigenvalue weighted by Crippen LogP contribution is 2.23. The van der Waals surface area contributed by atoms with Gasteiger partial charge in [-0.3, -0.25) is 0 Å². The molecule has 0 amide bonds. The van der Waals surface area contributed by atoms with Gasteiger partial charge in [-0.1, -0.05) is 13.8 Å². The van der Waals surface area contributed by atoms with Crippen LogP contribution in [0, 0.1) is 18.8 Å². The number of nitrogens with one attached hydrogen (secondary N) is 1. The Morgan fingerprint density at radius 2 is 2.24 bits per heavy atom. The summed E-state index contributed by atoms with van der Waals surface area (Å²) in [6.07, 6.45) is 1.20. The fraction of sp³-hybridized carbons (Fsp3) is 0.706. The molecule has 1 unspecified atom stereocenters. The zero-order chi connectivity index (χ0) is 15.2. The Bertz CT molecular complexity index is 448. The van der Waals surface area contributed by atoms with Crippen LogP contribution in [0.2, 0.25) is 0 Å². The minimum Gasteiger partial charge on any atom is -0.384 e. The molecule has 1 atom stereocenters. The summed E-state index contributed by atoms with van der Waals surface area (Å²) in [7, 11) is 1.78. The van der Waals surface area contributed by atoms with Gasteiger partial charge in [-0.15, -0.1) is 0 Å². The maximum absolute atomic E-state index is 5.28. The van der Waals surface area contributed by atoms with Gasteiger partial charge in [-0.2, -0.15) is 0 Å². The second-order valence-electron chi connectivity index (χ2n) is 6.56. The van der Waals surface area contributed by atoms with Crippen molar-refractivity contribution in [1.82, 2.24) is 10.3 Å². The summed E-state index contributed by atoms with van der Waals surface area (Å²) in [6, 6.07) is 4.41. The summed E-state index contributed by atoms with van der Waals surface area (Å²) in [6.45, 7) is 11.5. The maximum atomic E-state index is 5.28. The third-order valence-corrected chi connectivity index (χ3v) is 3.89. The molecular weight excluding hydrogens is 262 g/mol. The minimum atomic E-state index is 0.639. The largest absolute Gasteiger partial charge is 0.384 e. The second-order valence-corrected chi connectivity index (χ2v) is 6.56. The van der Waals surface area contributed by atoms with Crippen molar-refractivity contribution in [2.24, 2.45) is 11.8 Å². The molecule has 0 radical (unpaired) electrons. The standard InChI is InChI=1S/C17H29N3O/c1-13(2)9-18-10-16-7-14(3)19-17(8-16)20-6-5-15(11-20)12-21-4/h7-8,13,15,18H,5-6,9-12H2,1-4H3. The van der Waals surface area contributed by atoms with E-state index in [-0.39, 0.29) is 0 Å². The first-order chi connectivity index (χ1) is 10.1. The molecular formula is C17H29N3O. The number of rotatable bonds is 7.